The Bertz CT molecular complexity index is 282. The molecular formula is C10H13ClSi. The summed E-state index contributed by atoms with van der Waals surface area (Å²) >= 11 is 5.94. The normalized spacial score (nSPS) is 18.4. The summed E-state index contributed by atoms with van der Waals surface area (Å²) in [5.41, 5.74) is 2.66. The maximum Gasteiger partial charge on any atom is 0.156 e. The molecule has 0 aromatic rings. The summed E-state index contributed by atoms with van der Waals surface area (Å²) in [6.07, 6.45) is 10.4. The fraction of sp³-hybridized carbons (Fsp3) is 0.200. The van der Waals surface area contributed by atoms with Gasteiger partial charge in [0, 0.05) is 0 Å². The molecule has 2 heteroatoms. The van der Waals surface area contributed by atoms with Crippen LogP contribution in [0.4, 0.5) is 0 Å². The molecule has 0 saturated carbocycles. The lowest BCUT2D eigenvalue weighted by Crippen LogP contribution is -1.92. The van der Waals surface area contributed by atoms with Crippen molar-refractivity contribution in [2.24, 2.45) is 0 Å². The number of rotatable bonds is 1. The van der Waals surface area contributed by atoms with E-state index in [9.17, 15) is 0 Å². The molecule has 1 rings (SSSR count). The number of halogens is 1. The van der Waals surface area contributed by atoms with Gasteiger partial charge in [-0.2, -0.15) is 11.1 Å². The molecule has 12 heavy (non-hydrogen) atoms. The molecular weight excluding hydrogens is 184 g/mol. The zero-order chi connectivity index (χ0) is 8.97. The van der Waals surface area contributed by atoms with Crippen molar-refractivity contribution in [2.75, 3.05) is 0 Å². The van der Waals surface area contributed by atoms with Crippen LogP contribution in [0.1, 0.15) is 13.8 Å². The molecule has 0 amide bonds. The number of hydrogen-bond acceptors (Lipinski definition) is 0. The maximum absolute atomic E-state index is 5.94. The molecule has 0 aliphatic heterocycles. The van der Waals surface area contributed by atoms with Crippen molar-refractivity contribution in [3.8, 4) is 0 Å². The standard InChI is InChI=1S/C10H13ClSi/c1-8-6-4-3-5-7-10(12-11)9(8)2/h3-7H,12H2,1-2H3. The smallest absolute Gasteiger partial charge is 0.156 e. The summed E-state index contributed by atoms with van der Waals surface area (Å²) in [6.45, 7) is 4.26. The van der Waals surface area contributed by atoms with E-state index in [1.807, 2.05) is 6.08 Å². The summed E-state index contributed by atoms with van der Waals surface area (Å²) in [4.78, 5) is 0. The van der Waals surface area contributed by atoms with Gasteiger partial charge in [0.25, 0.3) is 0 Å². The maximum atomic E-state index is 5.94. The number of hydrogen-bond donors (Lipinski definition) is 0. The van der Waals surface area contributed by atoms with Crippen LogP contribution >= 0.6 is 11.1 Å². The molecule has 0 heterocycles. The van der Waals surface area contributed by atoms with Gasteiger partial charge >= 0.3 is 0 Å². The van der Waals surface area contributed by atoms with Crippen molar-refractivity contribution in [1.82, 2.24) is 0 Å². The Morgan fingerprint density at radius 1 is 1.17 bits per heavy atom. The first-order valence-electron chi connectivity index (χ1n) is 4.03. The summed E-state index contributed by atoms with van der Waals surface area (Å²) in [5, 5.41) is 1.34. The van der Waals surface area contributed by atoms with Crippen molar-refractivity contribution in [1.29, 1.82) is 0 Å². The molecule has 0 bridgehead atoms. The zero-order valence-electron chi connectivity index (χ0n) is 7.47. The van der Waals surface area contributed by atoms with Crippen molar-refractivity contribution in [3.05, 3.63) is 46.7 Å². The highest BCUT2D eigenvalue weighted by Gasteiger charge is 2.00. The Morgan fingerprint density at radius 3 is 2.58 bits per heavy atom. The Kier molecular flexibility index (Phi) is 3.57. The minimum atomic E-state index is -0.558. The second-order valence-electron chi connectivity index (χ2n) is 2.88. The van der Waals surface area contributed by atoms with E-state index in [2.05, 4.69) is 38.2 Å². The quantitative estimate of drug-likeness (QED) is 0.447. The van der Waals surface area contributed by atoms with Gasteiger partial charge in [0.2, 0.25) is 0 Å². The van der Waals surface area contributed by atoms with E-state index in [0.29, 0.717) is 0 Å². The van der Waals surface area contributed by atoms with Crippen LogP contribution in [-0.2, 0) is 0 Å². The molecule has 0 spiro atoms. The molecule has 0 aromatic heterocycles. The van der Waals surface area contributed by atoms with Crippen molar-refractivity contribution >= 4 is 19.9 Å². The van der Waals surface area contributed by atoms with Crippen molar-refractivity contribution < 1.29 is 0 Å². The third kappa shape index (κ3) is 2.22. The van der Waals surface area contributed by atoms with Gasteiger partial charge < -0.3 is 0 Å². The second kappa shape index (κ2) is 4.48. The molecule has 64 valence electrons. The van der Waals surface area contributed by atoms with Gasteiger partial charge in [-0.05, 0) is 30.2 Å². The first-order valence-corrected chi connectivity index (χ1v) is 6.88. The Morgan fingerprint density at radius 2 is 1.92 bits per heavy atom. The average Bonchev–Trinajstić information content (AvgIpc) is 2.07. The van der Waals surface area contributed by atoms with E-state index in [1.54, 1.807) is 0 Å². The third-order valence-electron chi connectivity index (χ3n) is 2.08. The summed E-state index contributed by atoms with van der Waals surface area (Å²) in [6, 6.07) is 0. The predicted octanol–water partition coefficient (Wildman–Crippen LogP) is 2.66. The van der Waals surface area contributed by atoms with E-state index >= 15 is 0 Å². The van der Waals surface area contributed by atoms with Gasteiger partial charge in [0.15, 0.2) is 8.83 Å². The minimum absolute atomic E-state index is 0.558. The van der Waals surface area contributed by atoms with Crippen LogP contribution in [0.25, 0.3) is 0 Å². The van der Waals surface area contributed by atoms with E-state index < -0.39 is 8.83 Å². The van der Waals surface area contributed by atoms with Crippen LogP contribution in [0.15, 0.2) is 46.7 Å². The molecule has 0 aromatic carbocycles. The van der Waals surface area contributed by atoms with Crippen molar-refractivity contribution in [2.45, 2.75) is 13.8 Å². The van der Waals surface area contributed by atoms with Gasteiger partial charge in [-0.15, -0.1) is 0 Å². The van der Waals surface area contributed by atoms with E-state index in [1.165, 1.54) is 16.3 Å². The summed E-state index contributed by atoms with van der Waals surface area (Å²) < 4.78 is 0. The molecule has 0 atom stereocenters. The fourth-order valence-corrected chi connectivity index (χ4v) is 2.66. The molecule has 0 fully saturated rings. The monoisotopic (exact) mass is 196 g/mol. The topological polar surface area (TPSA) is 0 Å². The average molecular weight is 197 g/mol. The molecule has 0 unspecified atom stereocenters. The lowest BCUT2D eigenvalue weighted by molar-refractivity contribution is 1.33. The first-order chi connectivity index (χ1) is 5.75. The molecule has 0 saturated heterocycles. The van der Waals surface area contributed by atoms with E-state index in [0.717, 1.165) is 0 Å². The van der Waals surface area contributed by atoms with E-state index in [4.69, 9.17) is 11.1 Å². The highest BCUT2D eigenvalue weighted by Crippen LogP contribution is 2.16. The van der Waals surface area contributed by atoms with Gasteiger partial charge in [-0.3, -0.25) is 0 Å². The van der Waals surface area contributed by atoms with Gasteiger partial charge in [-0.25, -0.2) is 0 Å². The molecule has 0 N–H and O–H groups in total. The second-order valence-corrected chi connectivity index (χ2v) is 4.71. The zero-order valence-corrected chi connectivity index (χ0v) is 9.64. The summed E-state index contributed by atoms with van der Waals surface area (Å²) in [5.74, 6) is 0. The fourth-order valence-electron chi connectivity index (χ4n) is 1.08. The van der Waals surface area contributed by atoms with Gasteiger partial charge in [-0.1, -0.05) is 30.4 Å². The lowest BCUT2D eigenvalue weighted by Gasteiger charge is -2.06. The minimum Gasteiger partial charge on any atom is -0.170 e. The molecule has 1 aliphatic carbocycles. The molecule has 1 aliphatic rings. The Balaban J connectivity index is 3.07. The first kappa shape index (κ1) is 9.55. The van der Waals surface area contributed by atoms with Crippen LogP contribution in [0.3, 0.4) is 0 Å². The summed E-state index contributed by atoms with van der Waals surface area (Å²) in [7, 11) is -0.558. The Hall–Kier alpha value is -0.533. The number of allylic oxidation sites excluding steroid dienone is 8. The predicted molar refractivity (Wildman–Crippen MR) is 59.1 cm³/mol. The van der Waals surface area contributed by atoms with Gasteiger partial charge in [0.1, 0.15) is 0 Å². The van der Waals surface area contributed by atoms with Crippen LogP contribution in [0, 0.1) is 0 Å². The largest absolute Gasteiger partial charge is 0.170 e. The molecule has 0 radical (unpaired) electrons. The third-order valence-corrected chi connectivity index (χ3v) is 4.00. The SMILES string of the molecule is CC1=CC=CC=CC([SiH2]Cl)=C1C. The van der Waals surface area contributed by atoms with Crippen LogP contribution in [0.5, 0.6) is 0 Å². The molecule has 0 nitrogen and oxygen atoms in total. The van der Waals surface area contributed by atoms with E-state index in [-0.39, 0.29) is 0 Å². The highest BCUT2D eigenvalue weighted by molar-refractivity contribution is 6.98. The van der Waals surface area contributed by atoms with Gasteiger partial charge in [0.05, 0.1) is 0 Å². The highest BCUT2D eigenvalue weighted by atomic mass is 35.6. The van der Waals surface area contributed by atoms with Crippen LogP contribution in [0.2, 0.25) is 0 Å². The van der Waals surface area contributed by atoms with Crippen molar-refractivity contribution in [3.63, 3.8) is 0 Å². The lowest BCUT2D eigenvalue weighted by atomic mass is 10.1. The van der Waals surface area contributed by atoms with Crippen LogP contribution < -0.4 is 0 Å². The van der Waals surface area contributed by atoms with Crippen LogP contribution in [-0.4, -0.2) is 8.83 Å². The Labute approximate surface area is 80.8 Å².